The normalized spacial score (nSPS) is 9.94. The molecule has 0 amide bonds. The molecule has 0 atom stereocenters. The van der Waals surface area contributed by atoms with Gasteiger partial charge in [0.2, 0.25) is 0 Å². The van der Waals surface area contributed by atoms with Crippen LogP contribution in [-0.2, 0) is 9.53 Å². The highest BCUT2D eigenvalue weighted by Gasteiger charge is 2.00. The summed E-state index contributed by atoms with van der Waals surface area (Å²) in [7, 11) is 0. The molecule has 0 fully saturated rings. The minimum absolute atomic E-state index is 0.138. The van der Waals surface area contributed by atoms with Crippen LogP contribution in [0.4, 0.5) is 0 Å². The third kappa shape index (κ3) is 6.89. The van der Waals surface area contributed by atoms with Crippen molar-refractivity contribution in [2.24, 2.45) is 0 Å². The average Bonchev–Trinajstić information content (AvgIpc) is 2.35. The number of hydrogen-bond donors (Lipinski definition) is 0. The number of esters is 1. The Kier molecular flexibility index (Phi) is 7.30. The SMILES string of the molecule is CCOC(=O)CSCCCOc1ccccc1. The van der Waals surface area contributed by atoms with E-state index < -0.39 is 0 Å². The summed E-state index contributed by atoms with van der Waals surface area (Å²) in [6.07, 6.45) is 0.930. The molecule has 0 bridgehead atoms. The molecule has 0 N–H and O–H groups in total. The van der Waals surface area contributed by atoms with Crippen molar-refractivity contribution in [2.45, 2.75) is 13.3 Å². The lowest BCUT2D eigenvalue weighted by Gasteiger charge is -2.05. The first kappa shape index (κ1) is 13.9. The Bertz CT molecular complexity index is 314. The van der Waals surface area contributed by atoms with Gasteiger partial charge in [-0.05, 0) is 31.2 Å². The van der Waals surface area contributed by atoms with Gasteiger partial charge in [0, 0.05) is 0 Å². The first-order valence-electron chi connectivity index (χ1n) is 5.74. The van der Waals surface area contributed by atoms with Crippen LogP contribution in [0.3, 0.4) is 0 Å². The Balaban J connectivity index is 1.96. The van der Waals surface area contributed by atoms with Crippen LogP contribution in [0, 0.1) is 0 Å². The van der Waals surface area contributed by atoms with E-state index in [2.05, 4.69) is 0 Å². The molecule has 1 rings (SSSR count). The Morgan fingerprint density at radius 1 is 1.29 bits per heavy atom. The predicted molar refractivity (Wildman–Crippen MR) is 70.5 cm³/mol. The molecule has 17 heavy (non-hydrogen) atoms. The standard InChI is InChI=1S/C13H18O3S/c1-2-15-13(14)11-17-10-6-9-16-12-7-4-3-5-8-12/h3-5,7-8H,2,6,9-11H2,1H3. The van der Waals surface area contributed by atoms with Crippen LogP contribution in [0.1, 0.15) is 13.3 Å². The van der Waals surface area contributed by atoms with Crippen LogP contribution in [0.5, 0.6) is 5.75 Å². The minimum atomic E-state index is -0.138. The number of para-hydroxylation sites is 1. The zero-order valence-electron chi connectivity index (χ0n) is 10.1. The summed E-state index contributed by atoms with van der Waals surface area (Å²) in [5.74, 6) is 2.09. The summed E-state index contributed by atoms with van der Waals surface area (Å²) >= 11 is 1.58. The lowest BCUT2D eigenvalue weighted by molar-refractivity contribution is -0.139. The summed E-state index contributed by atoms with van der Waals surface area (Å²) < 4.78 is 10.4. The van der Waals surface area contributed by atoms with Crippen LogP contribution in [0.15, 0.2) is 30.3 Å². The molecular formula is C13H18O3S. The molecule has 0 aliphatic carbocycles. The molecule has 1 aromatic rings. The smallest absolute Gasteiger partial charge is 0.315 e. The largest absolute Gasteiger partial charge is 0.494 e. The molecule has 3 nitrogen and oxygen atoms in total. The van der Waals surface area contributed by atoms with Gasteiger partial charge < -0.3 is 9.47 Å². The van der Waals surface area contributed by atoms with Gasteiger partial charge >= 0.3 is 5.97 Å². The van der Waals surface area contributed by atoms with E-state index in [0.29, 0.717) is 19.0 Å². The van der Waals surface area contributed by atoms with E-state index in [1.165, 1.54) is 0 Å². The number of carbonyl (C=O) groups is 1. The summed E-state index contributed by atoms with van der Waals surface area (Å²) in [6.45, 7) is 2.95. The zero-order chi connectivity index (χ0) is 12.3. The number of hydrogen-bond acceptors (Lipinski definition) is 4. The maximum atomic E-state index is 11.0. The molecule has 0 aliphatic rings. The first-order chi connectivity index (χ1) is 8.33. The second-order valence-corrected chi connectivity index (χ2v) is 4.48. The van der Waals surface area contributed by atoms with Crippen molar-refractivity contribution in [1.29, 1.82) is 0 Å². The van der Waals surface area contributed by atoms with E-state index in [4.69, 9.17) is 9.47 Å². The minimum Gasteiger partial charge on any atom is -0.494 e. The molecule has 0 aliphatic heterocycles. The van der Waals surface area contributed by atoms with Gasteiger partial charge in [0.25, 0.3) is 0 Å². The molecular weight excluding hydrogens is 236 g/mol. The fourth-order valence-electron chi connectivity index (χ4n) is 1.23. The van der Waals surface area contributed by atoms with Crippen molar-refractivity contribution in [3.63, 3.8) is 0 Å². The third-order valence-electron chi connectivity index (χ3n) is 1.97. The highest BCUT2D eigenvalue weighted by atomic mass is 32.2. The van der Waals surface area contributed by atoms with E-state index in [0.717, 1.165) is 17.9 Å². The lowest BCUT2D eigenvalue weighted by atomic mass is 10.3. The summed E-state index contributed by atoms with van der Waals surface area (Å²) in [6, 6.07) is 9.73. The zero-order valence-corrected chi connectivity index (χ0v) is 10.9. The van der Waals surface area contributed by atoms with E-state index in [1.807, 2.05) is 37.3 Å². The van der Waals surface area contributed by atoms with E-state index in [1.54, 1.807) is 11.8 Å². The van der Waals surface area contributed by atoms with Crippen LogP contribution < -0.4 is 4.74 Å². The molecule has 0 aromatic heterocycles. The Morgan fingerprint density at radius 2 is 2.06 bits per heavy atom. The second kappa shape index (κ2) is 8.93. The van der Waals surface area contributed by atoms with Crippen LogP contribution >= 0.6 is 11.8 Å². The van der Waals surface area contributed by atoms with Crippen molar-refractivity contribution < 1.29 is 14.3 Å². The van der Waals surface area contributed by atoms with E-state index >= 15 is 0 Å². The molecule has 0 saturated carbocycles. The molecule has 0 heterocycles. The monoisotopic (exact) mass is 254 g/mol. The number of thioether (sulfide) groups is 1. The van der Waals surface area contributed by atoms with Gasteiger partial charge in [-0.25, -0.2) is 0 Å². The Hall–Kier alpha value is -1.16. The Labute approximate surface area is 106 Å². The van der Waals surface area contributed by atoms with Crippen molar-refractivity contribution in [1.82, 2.24) is 0 Å². The van der Waals surface area contributed by atoms with Crippen molar-refractivity contribution in [3.8, 4) is 5.75 Å². The van der Waals surface area contributed by atoms with Gasteiger partial charge in [-0.3, -0.25) is 4.79 Å². The fourth-order valence-corrected chi connectivity index (χ4v) is 1.94. The van der Waals surface area contributed by atoms with Crippen molar-refractivity contribution >= 4 is 17.7 Å². The van der Waals surface area contributed by atoms with E-state index in [-0.39, 0.29) is 5.97 Å². The summed E-state index contributed by atoms with van der Waals surface area (Å²) in [5.41, 5.74) is 0. The van der Waals surface area contributed by atoms with Crippen LogP contribution in [0.25, 0.3) is 0 Å². The first-order valence-corrected chi connectivity index (χ1v) is 6.89. The average molecular weight is 254 g/mol. The fraction of sp³-hybridized carbons (Fsp3) is 0.462. The van der Waals surface area contributed by atoms with Crippen LogP contribution in [-0.4, -0.2) is 30.7 Å². The lowest BCUT2D eigenvalue weighted by Crippen LogP contribution is -2.07. The molecule has 1 aromatic carbocycles. The number of carbonyl (C=O) groups excluding carboxylic acids is 1. The van der Waals surface area contributed by atoms with Gasteiger partial charge in [0.15, 0.2) is 0 Å². The molecule has 0 radical (unpaired) electrons. The van der Waals surface area contributed by atoms with Gasteiger partial charge in [0.1, 0.15) is 5.75 Å². The van der Waals surface area contributed by atoms with Gasteiger partial charge in [-0.2, -0.15) is 11.8 Å². The quantitative estimate of drug-likeness (QED) is 0.528. The molecule has 0 unspecified atom stereocenters. The van der Waals surface area contributed by atoms with Crippen LogP contribution in [0.2, 0.25) is 0 Å². The highest BCUT2D eigenvalue weighted by Crippen LogP contribution is 2.09. The summed E-state index contributed by atoms with van der Waals surface area (Å²) in [4.78, 5) is 11.0. The Morgan fingerprint density at radius 3 is 2.76 bits per heavy atom. The van der Waals surface area contributed by atoms with Gasteiger partial charge in [0.05, 0.1) is 19.0 Å². The van der Waals surface area contributed by atoms with Gasteiger partial charge in [-0.15, -0.1) is 0 Å². The maximum Gasteiger partial charge on any atom is 0.315 e. The molecule has 0 saturated heterocycles. The van der Waals surface area contributed by atoms with Crippen molar-refractivity contribution in [3.05, 3.63) is 30.3 Å². The maximum absolute atomic E-state index is 11.0. The topological polar surface area (TPSA) is 35.5 Å². The van der Waals surface area contributed by atoms with E-state index in [9.17, 15) is 4.79 Å². The molecule has 0 spiro atoms. The summed E-state index contributed by atoms with van der Waals surface area (Å²) in [5, 5.41) is 0. The molecule has 4 heteroatoms. The second-order valence-electron chi connectivity index (χ2n) is 3.37. The molecule has 94 valence electrons. The number of rotatable bonds is 8. The van der Waals surface area contributed by atoms with Gasteiger partial charge in [-0.1, -0.05) is 18.2 Å². The number of benzene rings is 1. The predicted octanol–water partition coefficient (Wildman–Crippen LogP) is 2.75. The number of ether oxygens (including phenoxy) is 2. The highest BCUT2D eigenvalue weighted by molar-refractivity contribution is 7.99. The van der Waals surface area contributed by atoms with Crippen molar-refractivity contribution in [2.75, 3.05) is 24.7 Å². The third-order valence-corrected chi connectivity index (χ3v) is 2.99.